The summed E-state index contributed by atoms with van der Waals surface area (Å²) in [6.07, 6.45) is 0.488. The summed E-state index contributed by atoms with van der Waals surface area (Å²) < 4.78 is 26.4. The molecule has 1 rings (SSSR count). The number of hydrogen-bond donors (Lipinski definition) is 2. The maximum Gasteiger partial charge on any atom is 0.240 e. The van der Waals surface area contributed by atoms with Gasteiger partial charge in [0, 0.05) is 11.6 Å². The van der Waals surface area contributed by atoms with E-state index < -0.39 is 16.1 Å². The van der Waals surface area contributed by atoms with Crippen LogP contribution in [0.3, 0.4) is 0 Å². The van der Waals surface area contributed by atoms with Gasteiger partial charge in [-0.2, -0.15) is 0 Å². The molecule has 100 valence electrons. The Labute approximate surface area is 107 Å². The molecule has 0 aliphatic carbocycles. The van der Waals surface area contributed by atoms with E-state index in [0.29, 0.717) is 12.0 Å². The van der Waals surface area contributed by atoms with Gasteiger partial charge in [0.1, 0.15) is 0 Å². The number of hydrogen-bond acceptors (Lipinski definition) is 4. The lowest BCUT2D eigenvalue weighted by Gasteiger charge is -2.14. The molecule has 18 heavy (non-hydrogen) atoms. The van der Waals surface area contributed by atoms with Crippen LogP contribution >= 0.6 is 0 Å². The molecule has 0 aliphatic heterocycles. The summed E-state index contributed by atoms with van der Waals surface area (Å²) in [6.45, 7) is 2.89. The lowest BCUT2D eigenvalue weighted by Crippen LogP contribution is -2.36. The van der Waals surface area contributed by atoms with Crippen LogP contribution < -0.4 is 4.72 Å². The van der Waals surface area contributed by atoms with Gasteiger partial charge in [-0.1, -0.05) is 19.1 Å². The molecule has 5 nitrogen and oxygen atoms in total. The van der Waals surface area contributed by atoms with Crippen molar-refractivity contribution in [2.75, 3.05) is 6.61 Å². The first kappa shape index (κ1) is 14.8. The third-order valence-corrected chi connectivity index (χ3v) is 4.10. The van der Waals surface area contributed by atoms with Gasteiger partial charge in [-0.3, -0.25) is 4.79 Å². The van der Waals surface area contributed by atoms with Crippen molar-refractivity contribution in [3.8, 4) is 0 Å². The van der Waals surface area contributed by atoms with Gasteiger partial charge in [0.2, 0.25) is 10.0 Å². The Bertz CT molecular complexity index is 521. The van der Waals surface area contributed by atoms with Gasteiger partial charge in [-0.05, 0) is 25.5 Å². The van der Waals surface area contributed by atoms with Crippen LogP contribution in [0, 0.1) is 0 Å². The first-order chi connectivity index (χ1) is 8.40. The predicted octanol–water partition coefficient (Wildman–Crippen LogP) is 0.938. The zero-order chi connectivity index (χ0) is 13.8. The molecule has 0 spiro atoms. The second kappa shape index (κ2) is 6.08. The van der Waals surface area contributed by atoms with Crippen LogP contribution in [0.5, 0.6) is 0 Å². The first-order valence-corrected chi connectivity index (χ1v) is 7.13. The second-order valence-electron chi connectivity index (χ2n) is 3.99. The highest BCUT2D eigenvalue weighted by Crippen LogP contribution is 2.13. The number of ketones is 1. The van der Waals surface area contributed by atoms with Gasteiger partial charge >= 0.3 is 0 Å². The van der Waals surface area contributed by atoms with Crippen molar-refractivity contribution in [2.45, 2.75) is 31.2 Å². The van der Waals surface area contributed by atoms with E-state index in [1.54, 1.807) is 13.0 Å². The number of benzene rings is 1. The highest BCUT2D eigenvalue weighted by Gasteiger charge is 2.19. The van der Waals surface area contributed by atoms with Crippen LogP contribution in [0.15, 0.2) is 29.2 Å². The monoisotopic (exact) mass is 271 g/mol. The Morgan fingerprint density at radius 1 is 1.44 bits per heavy atom. The van der Waals surface area contributed by atoms with E-state index in [9.17, 15) is 13.2 Å². The Hall–Kier alpha value is -1.24. The minimum absolute atomic E-state index is 0.0297. The number of Topliss-reactive ketones (excluding diaryl/α,β-unsaturated/α-hetero) is 1. The first-order valence-electron chi connectivity index (χ1n) is 5.65. The second-order valence-corrected chi connectivity index (χ2v) is 5.71. The standard InChI is InChI=1S/C12H17NO4S/c1-3-11(8-14)13-18(16,17)12-6-4-5-10(7-12)9(2)15/h4-7,11,13-14H,3,8H2,1-2H3. The Morgan fingerprint density at radius 3 is 2.61 bits per heavy atom. The third kappa shape index (κ3) is 3.63. The van der Waals surface area contributed by atoms with Crippen LogP contribution in [0.2, 0.25) is 0 Å². The number of sulfonamides is 1. The number of aliphatic hydroxyl groups is 1. The molecule has 0 heterocycles. The van der Waals surface area contributed by atoms with E-state index in [2.05, 4.69) is 4.72 Å². The molecule has 0 radical (unpaired) electrons. The van der Waals surface area contributed by atoms with Crippen LogP contribution in [-0.2, 0) is 10.0 Å². The fourth-order valence-electron chi connectivity index (χ4n) is 1.42. The third-order valence-electron chi connectivity index (χ3n) is 2.59. The Kier molecular flexibility index (Phi) is 5.01. The average molecular weight is 271 g/mol. The van der Waals surface area contributed by atoms with E-state index in [1.165, 1.54) is 25.1 Å². The summed E-state index contributed by atoms with van der Waals surface area (Å²) in [5, 5.41) is 9.00. The topological polar surface area (TPSA) is 83.5 Å². The number of carbonyl (C=O) groups excluding carboxylic acids is 1. The maximum atomic E-state index is 12.0. The number of nitrogens with one attached hydrogen (secondary N) is 1. The van der Waals surface area contributed by atoms with Gasteiger partial charge in [-0.25, -0.2) is 13.1 Å². The highest BCUT2D eigenvalue weighted by molar-refractivity contribution is 7.89. The summed E-state index contributed by atoms with van der Waals surface area (Å²) in [4.78, 5) is 11.2. The van der Waals surface area contributed by atoms with Gasteiger partial charge < -0.3 is 5.11 Å². The molecule has 0 amide bonds. The largest absolute Gasteiger partial charge is 0.395 e. The van der Waals surface area contributed by atoms with Crippen LogP contribution in [-0.4, -0.2) is 32.0 Å². The molecule has 2 N–H and O–H groups in total. The van der Waals surface area contributed by atoms with Crippen molar-refractivity contribution in [1.29, 1.82) is 0 Å². The van der Waals surface area contributed by atoms with Crippen LogP contribution in [0.25, 0.3) is 0 Å². The fourth-order valence-corrected chi connectivity index (χ4v) is 2.78. The molecule has 1 aromatic carbocycles. The summed E-state index contributed by atoms with van der Waals surface area (Å²) in [5.41, 5.74) is 0.343. The van der Waals surface area contributed by atoms with E-state index >= 15 is 0 Å². The molecule has 6 heteroatoms. The maximum absolute atomic E-state index is 12.0. The average Bonchev–Trinajstić information content (AvgIpc) is 2.36. The van der Waals surface area contributed by atoms with E-state index in [1.807, 2.05) is 0 Å². The number of carbonyl (C=O) groups is 1. The molecule has 1 atom stereocenters. The summed E-state index contributed by atoms with van der Waals surface area (Å²) in [5.74, 6) is -0.193. The molecule has 1 aromatic rings. The van der Waals surface area contributed by atoms with Crippen molar-refractivity contribution in [3.63, 3.8) is 0 Å². The fraction of sp³-hybridized carbons (Fsp3) is 0.417. The van der Waals surface area contributed by atoms with Crippen molar-refractivity contribution in [1.82, 2.24) is 4.72 Å². The van der Waals surface area contributed by atoms with Crippen molar-refractivity contribution in [3.05, 3.63) is 29.8 Å². The lowest BCUT2D eigenvalue weighted by molar-refractivity contribution is 0.101. The molecule has 0 aliphatic rings. The smallest absolute Gasteiger partial charge is 0.240 e. The normalized spacial score (nSPS) is 13.3. The SMILES string of the molecule is CCC(CO)NS(=O)(=O)c1cccc(C(C)=O)c1. The number of aliphatic hydroxyl groups excluding tert-OH is 1. The molecule has 0 fully saturated rings. The van der Waals surface area contributed by atoms with Crippen molar-refractivity contribution < 1.29 is 18.3 Å². The summed E-state index contributed by atoms with van der Waals surface area (Å²) in [7, 11) is -3.70. The zero-order valence-corrected chi connectivity index (χ0v) is 11.2. The molecular formula is C12H17NO4S. The molecule has 1 unspecified atom stereocenters. The predicted molar refractivity (Wildman–Crippen MR) is 67.9 cm³/mol. The zero-order valence-electron chi connectivity index (χ0n) is 10.4. The van der Waals surface area contributed by atoms with Crippen molar-refractivity contribution >= 4 is 15.8 Å². The van der Waals surface area contributed by atoms with Crippen molar-refractivity contribution in [2.24, 2.45) is 0 Å². The summed E-state index contributed by atoms with van der Waals surface area (Å²) in [6, 6.07) is 5.31. The lowest BCUT2D eigenvalue weighted by atomic mass is 10.2. The van der Waals surface area contributed by atoms with E-state index in [4.69, 9.17) is 5.11 Å². The molecule has 0 aromatic heterocycles. The molecule has 0 saturated carbocycles. The van der Waals surface area contributed by atoms with Gasteiger partial charge in [-0.15, -0.1) is 0 Å². The number of rotatable bonds is 6. The molecular weight excluding hydrogens is 254 g/mol. The van der Waals surface area contributed by atoms with Gasteiger partial charge in [0.25, 0.3) is 0 Å². The molecule has 0 saturated heterocycles. The minimum atomic E-state index is -3.70. The van der Waals surface area contributed by atoms with Gasteiger partial charge in [0.05, 0.1) is 11.5 Å². The van der Waals surface area contributed by atoms with Crippen LogP contribution in [0.4, 0.5) is 0 Å². The van der Waals surface area contributed by atoms with Crippen LogP contribution in [0.1, 0.15) is 30.6 Å². The summed E-state index contributed by atoms with van der Waals surface area (Å²) >= 11 is 0. The quantitative estimate of drug-likeness (QED) is 0.754. The Morgan fingerprint density at radius 2 is 2.11 bits per heavy atom. The molecule has 0 bridgehead atoms. The highest BCUT2D eigenvalue weighted by atomic mass is 32.2. The van der Waals surface area contributed by atoms with E-state index in [0.717, 1.165) is 0 Å². The van der Waals surface area contributed by atoms with E-state index in [-0.39, 0.29) is 17.3 Å². The minimum Gasteiger partial charge on any atom is -0.395 e. The Balaban J connectivity index is 3.05. The van der Waals surface area contributed by atoms with Gasteiger partial charge in [0.15, 0.2) is 5.78 Å².